The Morgan fingerprint density at radius 1 is 1.57 bits per heavy atom. The molecule has 1 atom stereocenters. The van der Waals surface area contributed by atoms with Gasteiger partial charge in [-0.1, -0.05) is 0 Å². The van der Waals surface area contributed by atoms with E-state index in [1.54, 1.807) is 6.07 Å². The zero-order valence-corrected chi connectivity index (χ0v) is 12.4. The standard InChI is InChI=1S/C15H22N2O4/c1-10(2)17-5-6-20-12(8-17)9-21-14-7-11(16)3-4-13(14)15(18)19/h3-4,7,10,12H,5-6,8-9,16H2,1-2H3,(H,18,19). The zero-order valence-electron chi connectivity index (χ0n) is 12.4. The highest BCUT2D eigenvalue weighted by atomic mass is 16.5. The summed E-state index contributed by atoms with van der Waals surface area (Å²) in [6.45, 7) is 6.95. The molecule has 0 aromatic heterocycles. The number of aromatic carboxylic acids is 1. The van der Waals surface area contributed by atoms with Crippen molar-refractivity contribution in [3.8, 4) is 5.75 Å². The van der Waals surface area contributed by atoms with E-state index in [0.717, 1.165) is 13.1 Å². The van der Waals surface area contributed by atoms with Gasteiger partial charge >= 0.3 is 5.97 Å². The predicted molar refractivity (Wildman–Crippen MR) is 79.8 cm³/mol. The minimum atomic E-state index is -1.03. The molecule has 1 heterocycles. The number of ether oxygens (including phenoxy) is 2. The molecule has 0 bridgehead atoms. The molecule has 1 fully saturated rings. The molecule has 1 aliphatic rings. The van der Waals surface area contributed by atoms with Gasteiger partial charge in [-0.25, -0.2) is 4.79 Å². The molecule has 1 aromatic rings. The number of carbonyl (C=O) groups is 1. The summed E-state index contributed by atoms with van der Waals surface area (Å²) >= 11 is 0. The number of nitrogens with zero attached hydrogens (tertiary/aromatic N) is 1. The molecule has 0 radical (unpaired) electrons. The Morgan fingerprint density at radius 3 is 3.00 bits per heavy atom. The molecule has 0 aliphatic carbocycles. The molecule has 116 valence electrons. The molecule has 2 rings (SSSR count). The van der Waals surface area contributed by atoms with Gasteiger partial charge in [0, 0.05) is 30.9 Å². The summed E-state index contributed by atoms with van der Waals surface area (Å²) in [7, 11) is 0. The van der Waals surface area contributed by atoms with E-state index in [1.807, 2.05) is 0 Å². The third-order valence-electron chi connectivity index (χ3n) is 3.56. The summed E-state index contributed by atoms with van der Waals surface area (Å²) in [5.74, 6) is -0.744. The maximum absolute atomic E-state index is 11.2. The van der Waals surface area contributed by atoms with Crippen molar-refractivity contribution >= 4 is 11.7 Å². The SMILES string of the molecule is CC(C)N1CCOC(COc2cc(N)ccc2C(=O)O)C1. The van der Waals surface area contributed by atoms with Crippen LogP contribution in [0, 0.1) is 0 Å². The molecule has 1 unspecified atom stereocenters. The van der Waals surface area contributed by atoms with Gasteiger partial charge in [0.15, 0.2) is 0 Å². The molecular formula is C15H22N2O4. The van der Waals surface area contributed by atoms with Crippen LogP contribution in [0.4, 0.5) is 5.69 Å². The molecule has 0 spiro atoms. The number of hydrogen-bond acceptors (Lipinski definition) is 5. The van der Waals surface area contributed by atoms with Gasteiger partial charge in [0.2, 0.25) is 0 Å². The van der Waals surface area contributed by atoms with Crippen LogP contribution in [-0.2, 0) is 4.74 Å². The van der Waals surface area contributed by atoms with Crippen molar-refractivity contribution < 1.29 is 19.4 Å². The minimum absolute atomic E-state index is 0.0655. The molecule has 6 heteroatoms. The normalized spacial score (nSPS) is 19.7. The predicted octanol–water partition coefficient (Wildman–Crippen LogP) is 1.45. The third-order valence-corrected chi connectivity index (χ3v) is 3.56. The number of hydrogen-bond donors (Lipinski definition) is 2. The van der Waals surface area contributed by atoms with Crippen molar-refractivity contribution in [2.24, 2.45) is 0 Å². The van der Waals surface area contributed by atoms with Gasteiger partial charge in [-0.3, -0.25) is 4.90 Å². The number of nitrogen functional groups attached to an aromatic ring is 1. The first kappa shape index (κ1) is 15.6. The highest BCUT2D eigenvalue weighted by Crippen LogP contribution is 2.22. The van der Waals surface area contributed by atoms with Crippen LogP contribution < -0.4 is 10.5 Å². The Bertz CT molecular complexity index is 504. The maximum atomic E-state index is 11.2. The summed E-state index contributed by atoms with van der Waals surface area (Å²) in [4.78, 5) is 13.5. The lowest BCUT2D eigenvalue weighted by Crippen LogP contribution is -2.47. The lowest BCUT2D eigenvalue weighted by atomic mass is 10.2. The Labute approximate surface area is 124 Å². The second-order valence-electron chi connectivity index (χ2n) is 5.45. The number of morpholine rings is 1. The molecule has 21 heavy (non-hydrogen) atoms. The van der Waals surface area contributed by atoms with Crippen LogP contribution in [0.3, 0.4) is 0 Å². The van der Waals surface area contributed by atoms with E-state index in [1.165, 1.54) is 12.1 Å². The van der Waals surface area contributed by atoms with Gasteiger partial charge in [0.1, 0.15) is 24.0 Å². The fourth-order valence-corrected chi connectivity index (χ4v) is 2.33. The average Bonchev–Trinajstić information content (AvgIpc) is 2.45. The first-order valence-corrected chi connectivity index (χ1v) is 7.08. The first-order chi connectivity index (χ1) is 9.97. The molecule has 0 amide bonds. The number of nitrogens with two attached hydrogens (primary N) is 1. The average molecular weight is 294 g/mol. The van der Waals surface area contributed by atoms with Crippen LogP contribution >= 0.6 is 0 Å². The molecule has 6 nitrogen and oxygen atoms in total. The number of anilines is 1. The Balaban J connectivity index is 1.99. The summed E-state index contributed by atoms with van der Waals surface area (Å²) in [6.07, 6.45) is -0.0655. The van der Waals surface area contributed by atoms with Crippen LogP contribution in [0.5, 0.6) is 5.75 Å². The van der Waals surface area contributed by atoms with E-state index >= 15 is 0 Å². The summed E-state index contributed by atoms with van der Waals surface area (Å²) in [6, 6.07) is 4.99. The van der Waals surface area contributed by atoms with Gasteiger partial charge in [-0.05, 0) is 26.0 Å². The van der Waals surface area contributed by atoms with Gasteiger partial charge in [-0.15, -0.1) is 0 Å². The molecule has 1 saturated heterocycles. The third kappa shape index (κ3) is 4.09. The molecular weight excluding hydrogens is 272 g/mol. The Morgan fingerprint density at radius 2 is 2.33 bits per heavy atom. The van der Waals surface area contributed by atoms with Crippen LogP contribution in [0.15, 0.2) is 18.2 Å². The van der Waals surface area contributed by atoms with Crippen molar-refractivity contribution in [3.05, 3.63) is 23.8 Å². The van der Waals surface area contributed by atoms with E-state index in [2.05, 4.69) is 18.7 Å². The van der Waals surface area contributed by atoms with Crippen molar-refractivity contribution in [2.45, 2.75) is 26.0 Å². The van der Waals surface area contributed by atoms with Crippen molar-refractivity contribution in [3.63, 3.8) is 0 Å². The fraction of sp³-hybridized carbons (Fsp3) is 0.533. The van der Waals surface area contributed by atoms with E-state index in [0.29, 0.717) is 24.9 Å². The van der Waals surface area contributed by atoms with Gasteiger partial charge < -0.3 is 20.3 Å². The summed E-state index contributed by atoms with van der Waals surface area (Å²) in [5.41, 5.74) is 6.27. The number of rotatable bonds is 5. The maximum Gasteiger partial charge on any atom is 0.339 e. The lowest BCUT2D eigenvalue weighted by Gasteiger charge is -2.35. The molecule has 1 aliphatic heterocycles. The molecule has 0 saturated carbocycles. The van der Waals surface area contributed by atoms with Crippen molar-refractivity contribution in [2.75, 3.05) is 32.0 Å². The van der Waals surface area contributed by atoms with Gasteiger partial charge in [-0.2, -0.15) is 0 Å². The van der Waals surface area contributed by atoms with Crippen LogP contribution in [0.25, 0.3) is 0 Å². The highest BCUT2D eigenvalue weighted by Gasteiger charge is 2.23. The van der Waals surface area contributed by atoms with Crippen LogP contribution in [0.2, 0.25) is 0 Å². The highest BCUT2D eigenvalue weighted by molar-refractivity contribution is 5.91. The monoisotopic (exact) mass is 294 g/mol. The van der Waals surface area contributed by atoms with Crippen LogP contribution in [-0.4, -0.2) is 54.4 Å². The van der Waals surface area contributed by atoms with E-state index in [4.69, 9.17) is 20.3 Å². The van der Waals surface area contributed by atoms with Gasteiger partial charge in [0.05, 0.1) is 6.61 Å². The van der Waals surface area contributed by atoms with E-state index < -0.39 is 5.97 Å². The second-order valence-corrected chi connectivity index (χ2v) is 5.45. The quantitative estimate of drug-likeness (QED) is 0.800. The topological polar surface area (TPSA) is 85.0 Å². The largest absolute Gasteiger partial charge is 0.490 e. The Kier molecular flexibility index (Phi) is 5.03. The molecule has 3 N–H and O–H groups in total. The van der Waals surface area contributed by atoms with E-state index in [9.17, 15) is 4.79 Å². The van der Waals surface area contributed by atoms with E-state index in [-0.39, 0.29) is 17.4 Å². The minimum Gasteiger partial charge on any atom is -0.490 e. The number of carboxylic acids is 1. The van der Waals surface area contributed by atoms with Crippen LogP contribution in [0.1, 0.15) is 24.2 Å². The fourth-order valence-electron chi connectivity index (χ4n) is 2.33. The zero-order chi connectivity index (χ0) is 15.4. The smallest absolute Gasteiger partial charge is 0.339 e. The second kappa shape index (κ2) is 6.78. The van der Waals surface area contributed by atoms with Crippen molar-refractivity contribution in [1.82, 2.24) is 4.90 Å². The number of carboxylic acid groups (broad SMARTS) is 1. The van der Waals surface area contributed by atoms with Gasteiger partial charge in [0.25, 0.3) is 0 Å². The molecule has 1 aromatic carbocycles. The summed E-state index contributed by atoms with van der Waals surface area (Å²) < 4.78 is 11.3. The Hall–Kier alpha value is -1.79. The first-order valence-electron chi connectivity index (χ1n) is 7.08. The summed E-state index contributed by atoms with van der Waals surface area (Å²) in [5, 5.41) is 9.15. The lowest BCUT2D eigenvalue weighted by molar-refractivity contribution is -0.0565. The van der Waals surface area contributed by atoms with Crippen molar-refractivity contribution in [1.29, 1.82) is 0 Å². The number of benzene rings is 1.